The molecule has 11 nitrogen and oxygen atoms in total. The van der Waals surface area contributed by atoms with Gasteiger partial charge in [0.25, 0.3) is 5.91 Å². The number of hydrogen-bond donors (Lipinski definition) is 2. The van der Waals surface area contributed by atoms with Gasteiger partial charge in [0.15, 0.2) is 5.78 Å². The fourth-order valence-corrected chi connectivity index (χ4v) is 5.81. The van der Waals surface area contributed by atoms with E-state index in [0.717, 1.165) is 15.4 Å². The molecular formula is C39H38FN3O8. The first-order valence-corrected chi connectivity index (χ1v) is 16.4. The highest BCUT2D eigenvalue weighted by molar-refractivity contribution is 5.99. The van der Waals surface area contributed by atoms with Crippen molar-refractivity contribution < 1.29 is 42.9 Å². The van der Waals surface area contributed by atoms with Gasteiger partial charge in [-0.2, -0.15) is 0 Å². The molecule has 0 aliphatic carbocycles. The molecule has 1 aliphatic heterocycles. The van der Waals surface area contributed by atoms with Gasteiger partial charge < -0.3 is 24.8 Å². The second-order valence-electron chi connectivity index (χ2n) is 12.2. The number of amides is 3. The van der Waals surface area contributed by atoms with Crippen LogP contribution in [0, 0.1) is 5.82 Å². The van der Waals surface area contributed by atoms with E-state index >= 15 is 0 Å². The Kier molecular flexibility index (Phi) is 12.1. The molecule has 12 heteroatoms. The van der Waals surface area contributed by atoms with Crippen LogP contribution in [0.1, 0.15) is 34.8 Å². The third kappa shape index (κ3) is 9.78. The topological polar surface area (TPSA) is 143 Å². The predicted octanol–water partition coefficient (Wildman–Crippen LogP) is 4.90. The van der Waals surface area contributed by atoms with E-state index in [-0.39, 0.29) is 26.0 Å². The van der Waals surface area contributed by atoms with Crippen LogP contribution in [0.15, 0.2) is 115 Å². The van der Waals surface area contributed by atoms with E-state index in [2.05, 4.69) is 5.32 Å². The van der Waals surface area contributed by atoms with E-state index in [1.165, 1.54) is 31.2 Å². The summed E-state index contributed by atoms with van der Waals surface area (Å²) in [5.41, 5.74) is 1.75. The highest BCUT2D eigenvalue weighted by atomic mass is 19.1. The number of aliphatic carboxylic acids is 1. The number of rotatable bonds is 14. The van der Waals surface area contributed by atoms with Crippen molar-refractivity contribution in [2.45, 2.75) is 50.6 Å². The molecule has 3 amide bonds. The molecule has 4 atom stereocenters. The standard InChI is InChI=1S/C39H38FN3O8/c1-26(37(46)43-23-32(22-34(43)38(47)48)51-31-19-17-30(40)18-20-31)42(39(49)50-25-28-13-7-3-8-14-28)24-35(44)33(21-27-11-5-2-6-12-27)41-36(45)29-15-9-4-10-16-29/h2-20,26,32-34H,21-25H2,1H3,(H,41,45)(H,47,48)/t26-,32?,33?,34-/m0/s1. The summed E-state index contributed by atoms with van der Waals surface area (Å²) in [7, 11) is 0. The summed E-state index contributed by atoms with van der Waals surface area (Å²) >= 11 is 0. The number of benzene rings is 4. The molecular weight excluding hydrogens is 657 g/mol. The zero-order valence-corrected chi connectivity index (χ0v) is 27.9. The largest absolute Gasteiger partial charge is 0.488 e. The summed E-state index contributed by atoms with van der Waals surface area (Å²) in [6, 6.07) is 27.7. The van der Waals surface area contributed by atoms with E-state index in [9.17, 15) is 33.5 Å². The van der Waals surface area contributed by atoms with Crippen LogP contribution in [-0.4, -0.2) is 81.9 Å². The van der Waals surface area contributed by atoms with Gasteiger partial charge >= 0.3 is 12.1 Å². The molecule has 1 aliphatic rings. The van der Waals surface area contributed by atoms with Crippen molar-refractivity contribution in [3.8, 4) is 5.75 Å². The van der Waals surface area contributed by atoms with Crippen molar-refractivity contribution in [2.24, 2.45) is 0 Å². The van der Waals surface area contributed by atoms with Crippen LogP contribution in [-0.2, 0) is 32.1 Å². The monoisotopic (exact) mass is 695 g/mol. The van der Waals surface area contributed by atoms with Crippen molar-refractivity contribution in [3.63, 3.8) is 0 Å². The molecule has 0 radical (unpaired) electrons. The van der Waals surface area contributed by atoms with Crippen molar-refractivity contribution in [2.75, 3.05) is 13.1 Å². The molecule has 51 heavy (non-hydrogen) atoms. The highest BCUT2D eigenvalue weighted by Crippen LogP contribution is 2.25. The zero-order valence-electron chi connectivity index (χ0n) is 27.9. The molecule has 1 heterocycles. The van der Waals surface area contributed by atoms with Crippen LogP contribution in [0.4, 0.5) is 9.18 Å². The molecule has 1 saturated heterocycles. The van der Waals surface area contributed by atoms with Gasteiger partial charge in [-0.15, -0.1) is 0 Å². The van der Waals surface area contributed by atoms with Crippen LogP contribution >= 0.6 is 0 Å². The fraction of sp³-hybridized carbons (Fsp3) is 0.256. The summed E-state index contributed by atoms with van der Waals surface area (Å²) in [6.45, 7) is 0.468. The van der Waals surface area contributed by atoms with E-state index in [0.29, 0.717) is 16.9 Å². The lowest BCUT2D eigenvalue weighted by Crippen LogP contribution is -2.55. The number of ether oxygens (including phenoxy) is 2. The molecule has 0 spiro atoms. The number of Topliss-reactive ketones (excluding diaryl/α,β-unsaturated/α-hetero) is 1. The number of carbonyl (C=O) groups excluding carboxylic acids is 4. The smallest absolute Gasteiger partial charge is 0.411 e. The van der Waals surface area contributed by atoms with Gasteiger partial charge in [0, 0.05) is 12.0 Å². The number of carboxylic acid groups (broad SMARTS) is 1. The van der Waals surface area contributed by atoms with Gasteiger partial charge in [0.1, 0.15) is 36.4 Å². The normalized spacial score (nSPS) is 16.4. The van der Waals surface area contributed by atoms with Gasteiger partial charge in [-0.05, 0) is 60.9 Å². The Morgan fingerprint density at radius 1 is 0.863 bits per heavy atom. The quantitative estimate of drug-likeness (QED) is 0.190. The van der Waals surface area contributed by atoms with Crippen molar-refractivity contribution >= 4 is 29.7 Å². The van der Waals surface area contributed by atoms with Gasteiger partial charge in [0.2, 0.25) is 5.91 Å². The van der Waals surface area contributed by atoms with Gasteiger partial charge in [-0.3, -0.25) is 19.3 Å². The highest BCUT2D eigenvalue weighted by Gasteiger charge is 2.44. The first-order chi connectivity index (χ1) is 24.6. The summed E-state index contributed by atoms with van der Waals surface area (Å²) in [5, 5.41) is 12.8. The van der Waals surface area contributed by atoms with Crippen LogP contribution in [0.3, 0.4) is 0 Å². The zero-order chi connectivity index (χ0) is 36.3. The summed E-state index contributed by atoms with van der Waals surface area (Å²) in [5.74, 6) is -3.27. The lowest BCUT2D eigenvalue weighted by Gasteiger charge is -2.32. The Labute approximate surface area is 294 Å². The molecule has 1 fully saturated rings. The van der Waals surface area contributed by atoms with Crippen molar-refractivity contribution in [1.29, 1.82) is 0 Å². The third-order valence-electron chi connectivity index (χ3n) is 8.55. The number of carboxylic acids is 1. The molecule has 2 N–H and O–H groups in total. The number of carbonyl (C=O) groups is 5. The Morgan fingerprint density at radius 3 is 2.06 bits per heavy atom. The Bertz CT molecular complexity index is 1810. The molecule has 264 valence electrons. The van der Waals surface area contributed by atoms with Crippen LogP contribution in [0.5, 0.6) is 5.75 Å². The van der Waals surface area contributed by atoms with E-state index in [1.54, 1.807) is 84.9 Å². The maximum Gasteiger partial charge on any atom is 0.411 e. The molecule has 0 saturated carbocycles. The number of hydrogen-bond acceptors (Lipinski definition) is 7. The summed E-state index contributed by atoms with van der Waals surface area (Å²) in [6.07, 6.45) is -1.68. The minimum Gasteiger partial charge on any atom is -0.488 e. The Morgan fingerprint density at radius 2 is 1.45 bits per heavy atom. The fourth-order valence-electron chi connectivity index (χ4n) is 5.81. The minimum absolute atomic E-state index is 0.0623. The number of nitrogens with zero attached hydrogens (tertiary/aromatic N) is 2. The van der Waals surface area contributed by atoms with Gasteiger partial charge in [-0.25, -0.2) is 14.0 Å². The third-order valence-corrected chi connectivity index (χ3v) is 8.55. The second kappa shape index (κ2) is 17.1. The number of likely N-dealkylation sites (tertiary alicyclic amines) is 1. The van der Waals surface area contributed by atoms with Crippen LogP contribution in [0.2, 0.25) is 0 Å². The van der Waals surface area contributed by atoms with Crippen molar-refractivity contribution in [1.82, 2.24) is 15.1 Å². The second-order valence-corrected chi connectivity index (χ2v) is 12.2. The maximum absolute atomic E-state index is 14.1. The SMILES string of the molecule is C[C@@H](C(=O)N1CC(Oc2ccc(F)cc2)C[C@H]1C(=O)O)N(CC(=O)C(Cc1ccccc1)NC(=O)c1ccccc1)C(=O)OCc1ccccc1. The Balaban J connectivity index is 1.39. The van der Waals surface area contributed by atoms with E-state index in [1.807, 2.05) is 6.07 Å². The molecule has 5 rings (SSSR count). The molecule has 0 bridgehead atoms. The first-order valence-electron chi connectivity index (χ1n) is 16.4. The maximum atomic E-state index is 14.1. The number of halogens is 1. The average Bonchev–Trinajstić information content (AvgIpc) is 3.58. The number of nitrogens with one attached hydrogen (secondary N) is 1. The molecule has 0 aromatic heterocycles. The van der Waals surface area contributed by atoms with E-state index < -0.39 is 66.3 Å². The van der Waals surface area contributed by atoms with Crippen LogP contribution < -0.4 is 10.1 Å². The lowest BCUT2D eigenvalue weighted by atomic mass is 10.0. The van der Waals surface area contributed by atoms with Crippen LogP contribution in [0.25, 0.3) is 0 Å². The lowest BCUT2D eigenvalue weighted by molar-refractivity contribution is -0.150. The van der Waals surface area contributed by atoms with Crippen molar-refractivity contribution in [3.05, 3.63) is 138 Å². The average molecular weight is 696 g/mol. The molecule has 4 aromatic rings. The van der Waals surface area contributed by atoms with Gasteiger partial charge in [0.05, 0.1) is 19.1 Å². The summed E-state index contributed by atoms with van der Waals surface area (Å²) < 4.78 is 24.9. The molecule has 4 aromatic carbocycles. The summed E-state index contributed by atoms with van der Waals surface area (Å²) in [4.78, 5) is 69.4. The first kappa shape index (κ1) is 36.2. The van der Waals surface area contributed by atoms with E-state index in [4.69, 9.17) is 9.47 Å². The van der Waals surface area contributed by atoms with Gasteiger partial charge in [-0.1, -0.05) is 78.9 Å². The minimum atomic E-state index is -1.36. The Hall–Kier alpha value is -6.04. The predicted molar refractivity (Wildman–Crippen MR) is 184 cm³/mol. The number of ketones is 1. The molecule has 2 unspecified atom stereocenters.